The SMILES string of the molecule is COC(=O)C(=O)C[C@H](OOC(C)(C)C)c1cccc(Cl)c1. The summed E-state index contributed by atoms with van der Waals surface area (Å²) in [5.74, 6) is -1.61. The number of methoxy groups -OCH3 is 1. The smallest absolute Gasteiger partial charge is 0.374 e. The van der Waals surface area contributed by atoms with Crippen LogP contribution < -0.4 is 0 Å². The highest BCUT2D eigenvalue weighted by Gasteiger charge is 2.25. The molecule has 0 bridgehead atoms. The van der Waals surface area contributed by atoms with E-state index in [2.05, 4.69) is 4.74 Å². The number of Topliss-reactive ketones (excluding diaryl/α,β-unsaturated/α-hetero) is 1. The molecule has 1 rings (SSSR count). The van der Waals surface area contributed by atoms with Gasteiger partial charge in [-0.25, -0.2) is 14.6 Å². The zero-order valence-corrected chi connectivity index (χ0v) is 13.3. The Morgan fingerprint density at radius 2 is 1.95 bits per heavy atom. The van der Waals surface area contributed by atoms with Crippen LogP contribution in [0, 0.1) is 0 Å². The maximum absolute atomic E-state index is 11.7. The standard InChI is InChI=1S/C15H19ClO5/c1-15(2,3)21-20-13(9-12(17)14(18)19-4)10-6-5-7-11(16)8-10/h5-8,13H,9H2,1-4H3/t13-/m0/s1. The topological polar surface area (TPSA) is 61.8 Å². The molecule has 5 nitrogen and oxygen atoms in total. The van der Waals surface area contributed by atoms with E-state index >= 15 is 0 Å². The van der Waals surface area contributed by atoms with E-state index in [1.54, 1.807) is 24.3 Å². The number of carbonyl (C=O) groups is 2. The van der Waals surface area contributed by atoms with Crippen molar-refractivity contribution in [2.75, 3.05) is 7.11 Å². The van der Waals surface area contributed by atoms with Crippen LogP contribution in [0.5, 0.6) is 0 Å². The number of esters is 1. The molecule has 0 N–H and O–H groups in total. The predicted molar refractivity (Wildman–Crippen MR) is 77.8 cm³/mol. The van der Waals surface area contributed by atoms with Crippen LogP contribution in [0.15, 0.2) is 24.3 Å². The zero-order chi connectivity index (χ0) is 16.0. The normalized spacial score (nSPS) is 12.8. The van der Waals surface area contributed by atoms with Gasteiger partial charge in [-0.1, -0.05) is 23.7 Å². The van der Waals surface area contributed by atoms with E-state index in [0.29, 0.717) is 10.6 Å². The molecule has 0 saturated heterocycles. The molecular weight excluding hydrogens is 296 g/mol. The highest BCUT2D eigenvalue weighted by molar-refractivity contribution is 6.33. The van der Waals surface area contributed by atoms with Crippen molar-refractivity contribution in [3.63, 3.8) is 0 Å². The van der Waals surface area contributed by atoms with Gasteiger partial charge in [-0.15, -0.1) is 0 Å². The number of halogens is 1. The number of benzene rings is 1. The second-order valence-corrected chi connectivity index (χ2v) is 5.89. The van der Waals surface area contributed by atoms with Crippen molar-refractivity contribution in [3.8, 4) is 0 Å². The van der Waals surface area contributed by atoms with E-state index < -0.39 is 23.5 Å². The average molecular weight is 315 g/mol. The number of ether oxygens (including phenoxy) is 1. The average Bonchev–Trinajstić information content (AvgIpc) is 2.41. The second kappa shape index (κ2) is 7.54. The van der Waals surface area contributed by atoms with Crippen molar-refractivity contribution in [1.29, 1.82) is 0 Å². The molecule has 0 amide bonds. The summed E-state index contributed by atoms with van der Waals surface area (Å²) in [5, 5.41) is 0.502. The molecule has 0 fully saturated rings. The Hall–Kier alpha value is -1.43. The van der Waals surface area contributed by atoms with Crippen LogP contribution in [0.1, 0.15) is 38.9 Å². The number of ketones is 1. The molecule has 116 valence electrons. The van der Waals surface area contributed by atoms with Crippen LogP contribution in [-0.4, -0.2) is 24.5 Å². The Morgan fingerprint density at radius 1 is 1.29 bits per heavy atom. The summed E-state index contributed by atoms with van der Waals surface area (Å²) in [5.41, 5.74) is 0.0921. The maximum Gasteiger partial charge on any atom is 0.374 e. The van der Waals surface area contributed by atoms with Crippen LogP contribution in [0.25, 0.3) is 0 Å². The van der Waals surface area contributed by atoms with E-state index in [9.17, 15) is 9.59 Å². The molecule has 0 aliphatic carbocycles. The highest BCUT2D eigenvalue weighted by Crippen LogP contribution is 2.26. The summed E-state index contributed by atoms with van der Waals surface area (Å²) in [7, 11) is 1.15. The van der Waals surface area contributed by atoms with Crippen molar-refractivity contribution in [2.45, 2.75) is 38.9 Å². The van der Waals surface area contributed by atoms with Crippen LogP contribution in [0.3, 0.4) is 0 Å². The summed E-state index contributed by atoms with van der Waals surface area (Å²) < 4.78 is 4.41. The van der Waals surface area contributed by atoms with Gasteiger partial charge < -0.3 is 4.74 Å². The lowest BCUT2D eigenvalue weighted by Crippen LogP contribution is -2.24. The van der Waals surface area contributed by atoms with Crippen LogP contribution in [0.4, 0.5) is 0 Å². The summed E-state index contributed by atoms with van der Waals surface area (Å²) >= 11 is 5.93. The van der Waals surface area contributed by atoms with Gasteiger partial charge in [0, 0.05) is 5.02 Å². The molecule has 1 aromatic carbocycles. The van der Waals surface area contributed by atoms with E-state index in [4.69, 9.17) is 21.4 Å². The Labute approximate surface area is 129 Å². The molecular formula is C15H19ClO5. The summed E-state index contributed by atoms with van der Waals surface area (Å²) in [6.45, 7) is 5.43. The summed E-state index contributed by atoms with van der Waals surface area (Å²) in [6, 6.07) is 6.83. The fraction of sp³-hybridized carbons (Fsp3) is 0.467. The first-order chi connectivity index (χ1) is 9.73. The Balaban J connectivity index is 2.89. The minimum Gasteiger partial charge on any atom is -0.463 e. The first kappa shape index (κ1) is 17.6. The van der Waals surface area contributed by atoms with Crippen LogP contribution in [-0.2, 0) is 24.1 Å². The number of carbonyl (C=O) groups excluding carboxylic acids is 2. The van der Waals surface area contributed by atoms with Gasteiger partial charge in [0.2, 0.25) is 5.78 Å². The quantitative estimate of drug-likeness (QED) is 0.349. The Morgan fingerprint density at radius 3 is 2.48 bits per heavy atom. The largest absolute Gasteiger partial charge is 0.463 e. The van der Waals surface area contributed by atoms with Gasteiger partial charge in [0.25, 0.3) is 0 Å². The molecule has 0 heterocycles. The van der Waals surface area contributed by atoms with E-state index in [-0.39, 0.29) is 6.42 Å². The van der Waals surface area contributed by atoms with E-state index in [1.807, 2.05) is 20.8 Å². The van der Waals surface area contributed by atoms with Crippen LogP contribution in [0.2, 0.25) is 5.02 Å². The van der Waals surface area contributed by atoms with Crippen molar-refractivity contribution >= 4 is 23.4 Å². The third-order valence-corrected chi connectivity index (χ3v) is 2.65. The maximum atomic E-state index is 11.7. The lowest BCUT2D eigenvalue weighted by molar-refractivity contribution is -0.375. The first-order valence-corrected chi connectivity index (χ1v) is 6.82. The summed E-state index contributed by atoms with van der Waals surface area (Å²) in [4.78, 5) is 33.6. The van der Waals surface area contributed by atoms with Crippen molar-refractivity contribution in [2.24, 2.45) is 0 Å². The predicted octanol–water partition coefficient (Wildman–Crippen LogP) is 3.26. The van der Waals surface area contributed by atoms with Gasteiger partial charge in [0.15, 0.2) is 0 Å². The third kappa shape index (κ3) is 6.25. The zero-order valence-electron chi connectivity index (χ0n) is 12.5. The molecule has 0 aromatic heterocycles. The van der Waals surface area contributed by atoms with Crippen molar-refractivity contribution < 1.29 is 24.1 Å². The molecule has 0 spiro atoms. The minimum atomic E-state index is -0.915. The molecule has 1 atom stereocenters. The summed E-state index contributed by atoms with van der Waals surface area (Å²) in [6.07, 6.45) is -0.933. The van der Waals surface area contributed by atoms with E-state index in [1.165, 1.54) is 0 Å². The Kier molecular flexibility index (Phi) is 6.33. The van der Waals surface area contributed by atoms with Gasteiger partial charge in [0.1, 0.15) is 6.10 Å². The van der Waals surface area contributed by atoms with E-state index in [0.717, 1.165) is 7.11 Å². The van der Waals surface area contributed by atoms with Gasteiger partial charge in [-0.05, 0) is 38.5 Å². The highest BCUT2D eigenvalue weighted by atomic mass is 35.5. The second-order valence-electron chi connectivity index (χ2n) is 5.45. The molecule has 0 aliphatic rings. The fourth-order valence-corrected chi connectivity index (χ4v) is 1.68. The molecule has 21 heavy (non-hydrogen) atoms. The first-order valence-electron chi connectivity index (χ1n) is 6.44. The minimum absolute atomic E-state index is 0.191. The lowest BCUT2D eigenvalue weighted by Gasteiger charge is -2.23. The van der Waals surface area contributed by atoms with Crippen molar-refractivity contribution in [1.82, 2.24) is 0 Å². The molecule has 0 unspecified atom stereocenters. The van der Waals surface area contributed by atoms with Gasteiger partial charge >= 0.3 is 5.97 Å². The third-order valence-electron chi connectivity index (χ3n) is 2.42. The van der Waals surface area contributed by atoms with Gasteiger partial charge in [-0.2, -0.15) is 0 Å². The number of hydrogen-bond acceptors (Lipinski definition) is 5. The number of hydrogen-bond donors (Lipinski definition) is 0. The molecule has 1 aromatic rings. The lowest BCUT2D eigenvalue weighted by atomic mass is 10.0. The Bertz CT molecular complexity index is 507. The van der Waals surface area contributed by atoms with Crippen molar-refractivity contribution in [3.05, 3.63) is 34.9 Å². The monoisotopic (exact) mass is 314 g/mol. The molecule has 0 saturated carbocycles. The molecule has 6 heteroatoms. The molecule has 0 radical (unpaired) electrons. The van der Waals surface area contributed by atoms with Gasteiger partial charge in [0.05, 0.1) is 19.1 Å². The van der Waals surface area contributed by atoms with Gasteiger partial charge in [-0.3, -0.25) is 4.79 Å². The fourth-order valence-electron chi connectivity index (χ4n) is 1.48. The number of rotatable bonds is 6. The molecule has 0 aliphatic heterocycles. The van der Waals surface area contributed by atoms with Crippen LogP contribution >= 0.6 is 11.6 Å².